The normalized spacial score (nSPS) is 11.0. The van der Waals surface area contributed by atoms with E-state index in [0.717, 1.165) is 22.2 Å². The quantitative estimate of drug-likeness (QED) is 0.342. The molecule has 2 aromatic carbocycles. The molecule has 0 aliphatic heterocycles. The van der Waals surface area contributed by atoms with Gasteiger partial charge in [-0.1, -0.05) is 101 Å². The van der Waals surface area contributed by atoms with Crippen LogP contribution in [0.2, 0.25) is 0 Å². The highest BCUT2D eigenvalue weighted by molar-refractivity contribution is 7.99. The average molecular weight is 386 g/mol. The summed E-state index contributed by atoms with van der Waals surface area (Å²) >= 11 is 1.75. The van der Waals surface area contributed by atoms with E-state index in [9.17, 15) is 4.79 Å². The summed E-state index contributed by atoms with van der Waals surface area (Å²) in [6.07, 6.45) is 13.6. The van der Waals surface area contributed by atoms with Crippen LogP contribution in [0, 0.1) is 0 Å². The van der Waals surface area contributed by atoms with Crippen molar-refractivity contribution in [3.05, 3.63) is 42.5 Å². The van der Waals surface area contributed by atoms with Crippen molar-refractivity contribution in [2.45, 2.75) is 71.1 Å². The number of rotatable bonds is 14. The standard InChI is InChI=1S/C24H35NOS/c1-2-3-4-5-6-7-8-9-10-13-19-27-20-24(26)25-23-18-14-16-21-15-11-12-17-22(21)23/h11-12,14-18H,2-10,13,19-20H2,1H3,(H,25,26). The van der Waals surface area contributed by atoms with Gasteiger partial charge >= 0.3 is 0 Å². The first-order valence-corrected chi connectivity index (χ1v) is 11.8. The Kier molecular flexibility index (Phi) is 11.0. The third-order valence-corrected chi connectivity index (χ3v) is 5.98. The second-order valence-corrected chi connectivity index (χ2v) is 8.41. The van der Waals surface area contributed by atoms with Crippen LogP contribution in [0.25, 0.3) is 10.8 Å². The highest BCUT2D eigenvalue weighted by Gasteiger charge is 2.05. The van der Waals surface area contributed by atoms with Crippen LogP contribution >= 0.6 is 11.8 Å². The lowest BCUT2D eigenvalue weighted by atomic mass is 10.1. The van der Waals surface area contributed by atoms with Crippen LogP contribution in [-0.2, 0) is 4.79 Å². The zero-order valence-corrected chi connectivity index (χ0v) is 17.7. The van der Waals surface area contributed by atoms with Crippen molar-refractivity contribution in [2.24, 2.45) is 0 Å². The Bertz CT molecular complexity index is 665. The molecule has 0 spiro atoms. The number of carbonyl (C=O) groups is 1. The van der Waals surface area contributed by atoms with Crippen LogP contribution in [0.15, 0.2) is 42.5 Å². The molecule has 3 heteroatoms. The molecule has 0 aliphatic carbocycles. The fraction of sp³-hybridized carbons (Fsp3) is 0.542. The second kappa shape index (κ2) is 13.7. The minimum Gasteiger partial charge on any atom is -0.325 e. The second-order valence-electron chi connectivity index (χ2n) is 7.31. The lowest BCUT2D eigenvalue weighted by Gasteiger charge is -2.08. The maximum Gasteiger partial charge on any atom is 0.234 e. The van der Waals surface area contributed by atoms with Gasteiger partial charge in [-0.05, 0) is 23.6 Å². The van der Waals surface area contributed by atoms with Crippen molar-refractivity contribution in [3.8, 4) is 0 Å². The van der Waals surface area contributed by atoms with Crippen molar-refractivity contribution in [3.63, 3.8) is 0 Å². The van der Waals surface area contributed by atoms with Crippen molar-refractivity contribution in [1.82, 2.24) is 0 Å². The van der Waals surface area contributed by atoms with Gasteiger partial charge < -0.3 is 5.32 Å². The molecular weight excluding hydrogens is 350 g/mol. The average Bonchev–Trinajstić information content (AvgIpc) is 2.69. The number of amides is 1. The van der Waals surface area contributed by atoms with Crippen LogP contribution < -0.4 is 5.32 Å². The molecule has 2 rings (SSSR count). The highest BCUT2D eigenvalue weighted by atomic mass is 32.2. The van der Waals surface area contributed by atoms with Gasteiger partial charge in [-0.2, -0.15) is 11.8 Å². The lowest BCUT2D eigenvalue weighted by Crippen LogP contribution is -2.14. The SMILES string of the molecule is CCCCCCCCCCCCSCC(=O)Nc1cccc2ccccc12. The molecule has 148 valence electrons. The Labute approximate surface area is 169 Å². The molecule has 2 aromatic rings. The van der Waals surface area contributed by atoms with E-state index in [1.54, 1.807) is 11.8 Å². The summed E-state index contributed by atoms with van der Waals surface area (Å²) < 4.78 is 0. The molecule has 0 aromatic heterocycles. The molecule has 1 amide bonds. The molecular formula is C24H35NOS. The van der Waals surface area contributed by atoms with Crippen molar-refractivity contribution in [1.29, 1.82) is 0 Å². The molecule has 0 bridgehead atoms. The van der Waals surface area contributed by atoms with Crippen LogP contribution in [0.3, 0.4) is 0 Å². The van der Waals surface area contributed by atoms with Crippen LogP contribution in [0.5, 0.6) is 0 Å². The highest BCUT2D eigenvalue weighted by Crippen LogP contribution is 2.23. The molecule has 2 nitrogen and oxygen atoms in total. The summed E-state index contributed by atoms with van der Waals surface area (Å²) in [7, 11) is 0. The molecule has 0 radical (unpaired) electrons. The number of unbranched alkanes of at least 4 members (excludes halogenated alkanes) is 9. The predicted molar refractivity (Wildman–Crippen MR) is 122 cm³/mol. The van der Waals surface area contributed by atoms with Crippen molar-refractivity contribution in [2.75, 3.05) is 16.8 Å². The first-order valence-electron chi connectivity index (χ1n) is 10.7. The van der Waals surface area contributed by atoms with Gasteiger partial charge in [0.05, 0.1) is 5.75 Å². The predicted octanol–water partition coefficient (Wildman–Crippen LogP) is 7.43. The van der Waals surface area contributed by atoms with E-state index in [1.165, 1.54) is 64.2 Å². The number of thioether (sulfide) groups is 1. The summed E-state index contributed by atoms with van der Waals surface area (Å²) in [4.78, 5) is 12.2. The Morgan fingerprint density at radius 1 is 0.815 bits per heavy atom. The van der Waals surface area contributed by atoms with Gasteiger partial charge in [-0.3, -0.25) is 4.79 Å². The van der Waals surface area contributed by atoms with Gasteiger partial charge in [0.25, 0.3) is 0 Å². The molecule has 0 heterocycles. The molecule has 27 heavy (non-hydrogen) atoms. The Hall–Kier alpha value is -1.48. The summed E-state index contributed by atoms with van der Waals surface area (Å²) in [5.74, 6) is 1.73. The molecule has 0 saturated heterocycles. The van der Waals surface area contributed by atoms with Gasteiger partial charge in [0, 0.05) is 11.1 Å². The van der Waals surface area contributed by atoms with E-state index in [1.807, 2.05) is 24.3 Å². The molecule has 0 atom stereocenters. The van der Waals surface area contributed by atoms with Crippen LogP contribution in [0.4, 0.5) is 5.69 Å². The van der Waals surface area contributed by atoms with Crippen molar-refractivity contribution < 1.29 is 4.79 Å². The van der Waals surface area contributed by atoms with E-state index in [4.69, 9.17) is 0 Å². The molecule has 0 aliphatic rings. The molecule has 1 N–H and O–H groups in total. The maximum absolute atomic E-state index is 12.2. The van der Waals surface area contributed by atoms with Gasteiger partial charge in [0.1, 0.15) is 0 Å². The van der Waals surface area contributed by atoms with Gasteiger partial charge in [-0.15, -0.1) is 0 Å². The van der Waals surface area contributed by atoms with E-state index in [2.05, 4.69) is 30.4 Å². The first-order chi connectivity index (χ1) is 13.3. The number of hydrogen-bond donors (Lipinski definition) is 1. The smallest absolute Gasteiger partial charge is 0.234 e. The number of nitrogens with one attached hydrogen (secondary N) is 1. The largest absolute Gasteiger partial charge is 0.325 e. The topological polar surface area (TPSA) is 29.1 Å². The summed E-state index contributed by atoms with van der Waals surface area (Å²) in [6, 6.07) is 14.2. The summed E-state index contributed by atoms with van der Waals surface area (Å²) in [5, 5.41) is 5.33. The van der Waals surface area contributed by atoms with Crippen molar-refractivity contribution >= 4 is 34.1 Å². The third-order valence-electron chi connectivity index (χ3n) is 4.94. The lowest BCUT2D eigenvalue weighted by molar-refractivity contribution is -0.113. The first kappa shape index (κ1) is 21.8. The summed E-state index contributed by atoms with van der Waals surface area (Å²) in [5.41, 5.74) is 0.914. The number of fused-ring (bicyclic) bond motifs is 1. The number of benzene rings is 2. The van der Waals surface area contributed by atoms with Crippen LogP contribution in [-0.4, -0.2) is 17.4 Å². The molecule has 0 unspecified atom stereocenters. The zero-order valence-electron chi connectivity index (χ0n) is 16.8. The Morgan fingerprint density at radius 3 is 2.19 bits per heavy atom. The van der Waals surface area contributed by atoms with Gasteiger partial charge in [0.15, 0.2) is 0 Å². The number of anilines is 1. The van der Waals surface area contributed by atoms with E-state index in [0.29, 0.717) is 5.75 Å². The maximum atomic E-state index is 12.2. The van der Waals surface area contributed by atoms with E-state index in [-0.39, 0.29) is 5.91 Å². The number of hydrogen-bond acceptors (Lipinski definition) is 2. The minimum absolute atomic E-state index is 0.100. The van der Waals surface area contributed by atoms with E-state index >= 15 is 0 Å². The minimum atomic E-state index is 0.100. The fourth-order valence-corrected chi connectivity index (χ4v) is 4.19. The summed E-state index contributed by atoms with van der Waals surface area (Å²) in [6.45, 7) is 2.27. The molecule has 0 fully saturated rings. The van der Waals surface area contributed by atoms with Gasteiger partial charge in [-0.25, -0.2) is 0 Å². The zero-order chi connectivity index (χ0) is 19.2. The third kappa shape index (κ3) is 8.83. The number of carbonyl (C=O) groups excluding carboxylic acids is 1. The van der Waals surface area contributed by atoms with Gasteiger partial charge in [0.2, 0.25) is 5.91 Å². The fourth-order valence-electron chi connectivity index (χ4n) is 3.38. The monoisotopic (exact) mass is 385 g/mol. The Morgan fingerprint density at radius 2 is 1.44 bits per heavy atom. The Balaban J connectivity index is 1.50. The molecule has 0 saturated carbocycles. The van der Waals surface area contributed by atoms with E-state index < -0.39 is 0 Å². The van der Waals surface area contributed by atoms with Crippen LogP contribution in [0.1, 0.15) is 71.1 Å².